The molecule has 11 heteroatoms. The summed E-state index contributed by atoms with van der Waals surface area (Å²) in [6.45, 7) is 1.57. The van der Waals surface area contributed by atoms with Gasteiger partial charge in [0.05, 0.1) is 12.5 Å². The summed E-state index contributed by atoms with van der Waals surface area (Å²) in [4.78, 5) is 36.8. The largest absolute Gasteiger partial charge is 0.466 e. The molecule has 1 saturated carbocycles. The molecular formula is C21H22F4N4O3. The van der Waals surface area contributed by atoms with Crippen LogP contribution in [0.25, 0.3) is 0 Å². The summed E-state index contributed by atoms with van der Waals surface area (Å²) in [6.07, 6.45) is -0.697. The Balaban J connectivity index is 1.66. The van der Waals surface area contributed by atoms with Crippen LogP contribution in [0.2, 0.25) is 0 Å². The predicted molar refractivity (Wildman–Crippen MR) is 104 cm³/mol. The molecular weight excluding hydrogens is 432 g/mol. The number of hydrogen-bond acceptors (Lipinski definition) is 6. The highest BCUT2D eigenvalue weighted by Gasteiger charge is 2.29. The van der Waals surface area contributed by atoms with Crippen molar-refractivity contribution in [2.24, 2.45) is 5.92 Å². The third-order valence-electron chi connectivity index (χ3n) is 5.07. The van der Waals surface area contributed by atoms with E-state index in [0.29, 0.717) is 5.69 Å². The maximum Gasteiger partial charge on any atom is 0.422 e. The van der Waals surface area contributed by atoms with Crippen molar-refractivity contribution in [2.45, 2.75) is 51.7 Å². The van der Waals surface area contributed by atoms with Gasteiger partial charge >= 0.3 is 6.18 Å². The van der Waals surface area contributed by atoms with Crippen LogP contribution in [-0.2, 0) is 11.2 Å². The van der Waals surface area contributed by atoms with Crippen LogP contribution in [0.3, 0.4) is 0 Å². The minimum absolute atomic E-state index is 0.0295. The van der Waals surface area contributed by atoms with Crippen LogP contribution in [0.15, 0.2) is 18.3 Å². The smallest absolute Gasteiger partial charge is 0.422 e. The lowest BCUT2D eigenvalue weighted by molar-refractivity contribution is -0.154. The third-order valence-corrected chi connectivity index (χ3v) is 5.07. The third kappa shape index (κ3) is 6.21. The van der Waals surface area contributed by atoms with Gasteiger partial charge in [-0.2, -0.15) is 13.2 Å². The topological polar surface area (TPSA) is 94.1 Å². The summed E-state index contributed by atoms with van der Waals surface area (Å²) in [5.41, 5.74) is 0.800. The van der Waals surface area contributed by atoms with Gasteiger partial charge in [0.15, 0.2) is 12.4 Å². The van der Waals surface area contributed by atoms with E-state index in [1.165, 1.54) is 6.07 Å². The molecule has 1 aliphatic carbocycles. The number of ether oxygens (including phenoxy) is 1. The van der Waals surface area contributed by atoms with Crippen molar-refractivity contribution in [1.82, 2.24) is 20.3 Å². The molecule has 0 bridgehead atoms. The Morgan fingerprint density at radius 1 is 1.25 bits per heavy atom. The Bertz CT molecular complexity index is 1010. The van der Waals surface area contributed by atoms with Gasteiger partial charge in [0.1, 0.15) is 17.3 Å². The summed E-state index contributed by atoms with van der Waals surface area (Å²) in [6, 6.07) is 1.68. The Kier molecular flexibility index (Phi) is 7.05. The van der Waals surface area contributed by atoms with Gasteiger partial charge in [-0.05, 0) is 44.4 Å². The standard InChI is InChI=1S/C21H22F4N4O3/c1-11-6-16(29-18(27-11)8-17(30)13-4-3-5-13)19(31)28-12(2)14-7-15(22)20(26-9-14)32-10-21(23,24)25/h6-7,9,12-13H,3-5,8,10H2,1-2H3,(H,28,31). The number of carbonyl (C=O) groups excluding carboxylic acids is 2. The Morgan fingerprint density at radius 3 is 2.56 bits per heavy atom. The number of amides is 1. The molecule has 0 radical (unpaired) electrons. The average Bonchev–Trinajstić information content (AvgIpc) is 2.64. The molecule has 32 heavy (non-hydrogen) atoms. The average molecular weight is 454 g/mol. The van der Waals surface area contributed by atoms with Crippen molar-refractivity contribution < 1.29 is 31.9 Å². The van der Waals surface area contributed by atoms with Crippen LogP contribution < -0.4 is 10.1 Å². The number of carbonyl (C=O) groups is 2. The van der Waals surface area contributed by atoms with Gasteiger partial charge in [0.2, 0.25) is 0 Å². The lowest BCUT2D eigenvalue weighted by Crippen LogP contribution is -2.29. The SMILES string of the molecule is Cc1cc(C(=O)NC(C)c2cnc(OCC(F)(F)F)c(F)c2)nc(CC(=O)C2CCC2)n1. The maximum atomic E-state index is 14.1. The summed E-state index contributed by atoms with van der Waals surface area (Å²) in [5, 5.41) is 2.63. The maximum absolute atomic E-state index is 14.1. The number of nitrogens with zero attached hydrogens (tertiary/aromatic N) is 3. The zero-order valence-corrected chi connectivity index (χ0v) is 17.5. The molecule has 7 nitrogen and oxygen atoms in total. The first-order chi connectivity index (χ1) is 15.0. The number of alkyl halides is 3. The fraction of sp³-hybridized carbons (Fsp3) is 0.476. The number of pyridine rings is 1. The van der Waals surface area contributed by atoms with E-state index < -0.39 is 36.4 Å². The Hall–Kier alpha value is -3.11. The molecule has 0 aliphatic heterocycles. The van der Waals surface area contributed by atoms with Gasteiger partial charge < -0.3 is 10.1 Å². The summed E-state index contributed by atoms with van der Waals surface area (Å²) < 4.78 is 55.0. The first-order valence-corrected chi connectivity index (χ1v) is 10.0. The van der Waals surface area contributed by atoms with Crippen LogP contribution in [0, 0.1) is 18.7 Å². The zero-order valence-electron chi connectivity index (χ0n) is 17.5. The van der Waals surface area contributed by atoms with Crippen LogP contribution in [-0.4, -0.2) is 39.4 Å². The molecule has 2 heterocycles. The van der Waals surface area contributed by atoms with Gasteiger partial charge in [0, 0.05) is 17.8 Å². The van der Waals surface area contributed by atoms with Crippen molar-refractivity contribution in [2.75, 3.05) is 6.61 Å². The van der Waals surface area contributed by atoms with E-state index >= 15 is 0 Å². The number of Topliss-reactive ketones (excluding diaryl/α,β-unsaturated/α-hetero) is 1. The monoisotopic (exact) mass is 454 g/mol. The summed E-state index contributed by atoms with van der Waals surface area (Å²) >= 11 is 0. The van der Waals surface area contributed by atoms with Crippen LogP contribution >= 0.6 is 0 Å². The number of halogens is 4. The molecule has 2 aromatic heterocycles. The molecule has 0 saturated heterocycles. The second kappa shape index (κ2) is 9.58. The van der Waals surface area contributed by atoms with Crippen molar-refractivity contribution in [1.29, 1.82) is 0 Å². The normalized spacial score (nSPS) is 15.1. The van der Waals surface area contributed by atoms with Gasteiger partial charge in [-0.3, -0.25) is 9.59 Å². The quantitative estimate of drug-likeness (QED) is 0.612. The fourth-order valence-corrected chi connectivity index (χ4v) is 3.14. The predicted octanol–water partition coefficient (Wildman–Crippen LogP) is 3.66. The molecule has 1 N–H and O–H groups in total. The molecule has 172 valence electrons. The van der Waals surface area contributed by atoms with E-state index in [0.717, 1.165) is 31.5 Å². The highest BCUT2D eigenvalue weighted by atomic mass is 19.4. The fourth-order valence-electron chi connectivity index (χ4n) is 3.14. The molecule has 1 fully saturated rings. The van der Waals surface area contributed by atoms with Gasteiger partial charge in [0.25, 0.3) is 11.8 Å². The van der Waals surface area contributed by atoms with E-state index in [4.69, 9.17) is 0 Å². The molecule has 3 rings (SSSR count). The Morgan fingerprint density at radius 2 is 1.97 bits per heavy atom. The zero-order chi connectivity index (χ0) is 23.5. The first-order valence-electron chi connectivity index (χ1n) is 10.0. The second-order valence-corrected chi connectivity index (χ2v) is 7.74. The van der Waals surface area contributed by atoms with E-state index in [1.807, 2.05) is 0 Å². The number of ketones is 1. The lowest BCUT2D eigenvalue weighted by atomic mass is 9.81. The second-order valence-electron chi connectivity index (χ2n) is 7.74. The molecule has 1 atom stereocenters. The first kappa shape index (κ1) is 23.6. The molecule has 2 aromatic rings. The van der Waals surface area contributed by atoms with Gasteiger partial charge in [-0.15, -0.1) is 0 Å². The van der Waals surface area contributed by atoms with E-state index in [2.05, 4.69) is 25.0 Å². The van der Waals surface area contributed by atoms with Gasteiger partial charge in [-0.1, -0.05) is 6.42 Å². The number of nitrogens with one attached hydrogen (secondary N) is 1. The number of aromatic nitrogens is 3. The molecule has 0 spiro atoms. The van der Waals surface area contributed by atoms with E-state index in [-0.39, 0.29) is 35.2 Å². The molecule has 1 unspecified atom stereocenters. The summed E-state index contributed by atoms with van der Waals surface area (Å²) in [7, 11) is 0. The van der Waals surface area contributed by atoms with Gasteiger partial charge in [-0.25, -0.2) is 19.3 Å². The highest BCUT2D eigenvalue weighted by molar-refractivity contribution is 5.92. The van der Waals surface area contributed by atoms with Crippen LogP contribution in [0.5, 0.6) is 5.88 Å². The number of hydrogen-bond donors (Lipinski definition) is 1. The van der Waals surface area contributed by atoms with Crippen molar-refractivity contribution >= 4 is 11.7 Å². The van der Waals surface area contributed by atoms with Crippen molar-refractivity contribution in [3.05, 3.63) is 46.9 Å². The van der Waals surface area contributed by atoms with Crippen molar-refractivity contribution in [3.63, 3.8) is 0 Å². The Labute approximate surface area is 181 Å². The molecule has 1 amide bonds. The summed E-state index contributed by atoms with van der Waals surface area (Å²) in [5.74, 6) is -2.09. The van der Waals surface area contributed by atoms with Crippen molar-refractivity contribution in [3.8, 4) is 5.88 Å². The minimum Gasteiger partial charge on any atom is -0.466 e. The van der Waals surface area contributed by atoms with E-state index in [1.54, 1.807) is 13.8 Å². The lowest BCUT2D eigenvalue weighted by Gasteiger charge is -2.23. The highest BCUT2D eigenvalue weighted by Crippen LogP contribution is 2.28. The number of aryl methyl sites for hydroxylation is 1. The van der Waals surface area contributed by atoms with E-state index in [9.17, 15) is 27.2 Å². The van der Waals surface area contributed by atoms with Crippen LogP contribution in [0.1, 0.15) is 59.8 Å². The number of rotatable bonds is 8. The molecule has 0 aromatic carbocycles. The molecule has 1 aliphatic rings. The van der Waals surface area contributed by atoms with Crippen LogP contribution in [0.4, 0.5) is 17.6 Å². The minimum atomic E-state index is -4.62.